The highest BCUT2D eigenvalue weighted by Gasteiger charge is 2.23. The fourth-order valence-corrected chi connectivity index (χ4v) is 1.14. The summed E-state index contributed by atoms with van der Waals surface area (Å²) in [7, 11) is 0. The fraction of sp³-hybridized carbons (Fsp3) is 0.875. The molecule has 1 aliphatic rings. The van der Waals surface area contributed by atoms with E-state index in [2.05, 4.69) is 5.32 Å². The van der Waals surface area contributed by atoms with E-state index in [0.717, 1.165) is 13.0 Å². The lowest BCUT2D eigenvalue weighted by Gasteiger charge is -2.11. The minimum absolute atomic E-state index is 0.0948. The lowest BCUT2D eigenvalue weighted by atomic mass is 10.1. The number of ether oxygens (including phenoxy) is 1. The molecule has 1 N–H and O–H groups in total. The van der Waals surface area contributed by atoms with Gasteiger partial charge in [0.25, 0.3) is 0 Å². The number of hydrogen-bond acceptors (Lipinski definition) is 2. The van der Waals surface area contributed by atoms with Crippen LogP contribution in [-0.4, -0.2) is 25.2 Å². The maximum Gasteiger partial charge on any atom is 0.225 e. The summed E-state index contributed by atoms with van der Waals surface area (Å²) < 4.78 is 5.10. The normalized spacial score (nSPS) is 24.1. The molecular weight excluding hydrogens is 142 g/mol. The molecule has 1 atom stereocenters. The largest absolute Gasteiger partial charge is 0.381 e. The zero-order chi connectivity index (χ0) is 8.27. The number of amides is 1. The quantitative estimate of drug-likeness (QED) is 0.635. The van der Waals surface area contributed by atoms with Crippen molar-refractivity contribution in [2.24, 2.45) is 5.92 Å². The van der Waals surface area contributed by atoms with Crippen molar-refractivity contribution in [2.45, 2.75) is 26.3 Å². The van der Waals surface area contributed by atoms with E-state index >= 15 is 0 Å². The fourth-order valence-electron chi connectivity index (χ4n) is 1.14. The molecule has 3 nitrogen and oxygen atoms in total. The molecule has 0 aromatic heterocycles. The second-order valence-corrected chi connectivity index (χ2v) is 3.22. The van der Waals surface area contributed by atoms with Gasteiger partial charge in [0.2, 0.25) is 5.91 Å². The first-order valence-electron chi connectivity index (χ1n) is 4.08. The second-order valence-electron chi connectivity index (χ2n) is 3.22. The second kappa shape index (κ2) is 3.72. The Morgan fingerprint density at radius 1 is 1.64 bits per heavy atom. The molecule has 11 heavy (non-hydrogen) atoms. The third kappa shape index (κ3) is 2.50. The van der Waals surface area contributed by atoms with E-state index in [4.69, 9.17) is 4.74 Å². The zero-order valence-corrected chi connectivity index (χ0v) is 7.09. The van der Waals surface area contributed by atoms with Gasteiger partial charge in [-0.25, -0.2) is 0 Å². The van der Waals surface area contributed by atoms with Crippen molar-refractivity contribution >= 4 is 5.91 Å². The average molecular weight is 157 g/mol. The highest BCUT2D eigenvalue weighted by atomic mass is 16.5. The predicted octanol–water partition coefficient (Wildman–Crippen LogP) is 0.547. The summed E-state index contributed by atoms with van der Waals surface area (Å²) in [6.07, 6.45) is 0.874. The van der Waals surface area contributed by atoms with Gasteiger partial charge in [0.1, 0.15) is 0 Å². The Balaban J connectivity index is 2.28. The van der Waals surface area contributed by atoms with Gasteiger partial charge in [-0.3, -0.25) is 4.79 Å². The summed E-state index contributed by atoms with van der Waals surface area (Å²) in [5.74, 6) is 0.231. The van der Waals surface area contributed by atoms with Crippen LogP contribution in [0.3, 0.4) is 0 Å². The summed E-state index contributed by atoms with van der Waals surface area (Å²) in [4.78, 5) is 11.3. The van der Waals surface area contributed by atoms with E-state index < -0.39 is 0 Å². The first-order chi connectivity index (χ1) is 5.20. The Hall–Kier alpha value is -0.570. The van der Waals surface area contributed by atoms with Crippen molar-refractivity contribution in [1.82, 2.24) is 5.32 Å². The molecule has 0 radical (unpaired) electrons. The van der Waals surface area contributed by atoms with Crippen LogP contribution in [0.1, 0.15) is 20.3 Å². The van der Waals surface area contributed by atoms with Crippen LogP contribution < -0.4 is 5.32 Å². The summed E-state index contributed by atoms with van der Waals surface area (Å²) in [5.41, 5.74) is 0. The van der Waals surface area contributed by atoms with Gasteiger partial charge in [0, 0.05) is 12.6 Å². The van der Waals surface area contributed by atoms with E-state index in [1.165, 1.54) is 0 Å². The molecule has 0 saturated carbocycles. The average Bonchev–Trinajstić information content (AvgIpc) is 2.35. The molecule has 1 heterocycles. The number of carbonyl (C=O) groups is 1. The molecule has 0 aliphatic carbocycles. The first-order valence-corrected chi connectivity index (χ1v) is 4.08. The standard InChI is InChI=1S/C8H15NO2/c1-6(2)9-8(10)7-3-4-11-5-7/h6-7H,3-5H2,1-2H3,(H,9,10). The number of nitrogens with one attached hydrogen (secondary N) is 1. The van der Waals surface area contributed by atoms with Crippen LogP contribution in [0.4, 0.5) is 0 Å². The molecule has 0 aromatic carbocycles. The lowest BCUT2D eigenvalue weighted by molar-refractivity contribution is -0.125. The minimum Gasteiger partial charge on any atom is -0.381 e. The van der Waals surface area contributed by atoms with Crippen LogP contribution in [0, 0.1) is 5.92 Å². The van der Waals surface area contributed by atoms with Gasteiger partial charge in [0.05, 0.1) is 12.5 Å². The summed E-state index contributed by atoms with van der Waals surface area (Å²) in [6, 6.07) is 0.239. The molecule has 64 valence electrons. The van der Waals surface area contributed by atoms with E-state index in [1.54, 1.807) is 0 Å². The van der Waals surface area contributed by atoms with Gasteiger partial charge in [-0.2, -0.15) is 0 Å². The Kier molecular flexibility index (Phi) is 2.88. The summed E-state index contributed by atoms with van der Waals surface area (Å²) >= 11 is 0. The van der Waals surface area contributed by atoms with Gasteiger partial charge in [0.15, 0.2) is 0 Å². The zero-order valence-electron chi connectivity index (χ0n) is 7.09. The van der Waals surface area contributed by atoms with E-state index in [9.17, 15) is 4.79 Å². The van der Waals surface area contributed by atoms with Crippen LogP contribution in [0.5, 0.6) is 0 Å². The molecule has 1 fully saturated rings. The summed E-state index contributed by atoms with van der Waals surface area (Å²) in [6.45, 7) is 5.26. The van der Waals surface area contributed by atoms with E-state index in [1.807, 2.05) is 13.8 Å². The maximum absolute atomic E-state index is 11.3. The molecule has 0 bridgehead atoms. The number of rotatable bonds is 2. The molecule has 1 rings (SSSR count). The molecule has 0 aromatic rings. The monoisotopic (exact) mass is 157 g/mol. The van der Waals surface area contributed by atoms with Crippen molar-refractivity contribution < 1.29 is 9.53 Å². The molecule has 1 saturated heterocycles. The summed E-state index contributed by atoms with van der Waals surface area (Å²) in [5, 5.41) is 2.87. The molecule has 0 spiro atoms. The maximum atomic E-state index is 11.3. The van der Waals surface area contributed by atoms with Gasteiger partial charge < -0.3 is 10.1 Å². The van der Waals surface area contributed by atoms with Crippen LogP contribution >= 0.6 is 0 Å². The van der Waals surface area contributed by atoms with Crippen LogP contribution in [0.25, 0.3) is 0 Å². The van der Waals surface area contributed by atoms with E-state index in [0.29, 0.717) is 6.61 Å². The van der Waals surface area contributed by atoms with Gasteiger partial charge in [-0.15, -0.1) is 0 Å². The minimum atomic E-state index is 0.0948. The number of hydrogen-bond donors (Lipinski definition) is 1. The van der Waals surface area contributed by atoms with Gasteiger partial charge >= 0.3 is 0 Å². The SMILES string of the molecule is CC(C)NC(=O)C1CCOC1. The molecule has 1 aliphatic heterocycles. The topological polar surface area (TPSA) is 38.3 Å². The van der Waals surface area contributed by atoms with Crippen LogP contribution in [0.2, 0.25) is 0 Å². The molecule has 1 amide bonds. The smallest absolute Gasteiger partial charge is 0.225 e. The Labute approximate surface area is 67.1 Å². The predicted molar refractivity (Wildman–Crippen MR) is 42.2 cm³/mol. The Morgan fingerprint density at radius 3 is 2.82 bits per heavy atom. The van der Waals surface area contributed by atoms with Crippen LogP contribution in [-0.2, 0) is 9.53 Å². The number of carbonyl (C=O) groups excluding carboxylic acids is 1. The Morgan fingerprint density at radius 2 is 2.36 bits per heavy atom. The van der Waals surface area contributed by atoms with Crippen molar-refractivity contribution in [1.29, 1.82) is 0 Å². The van der Waals surface area contributed by atoms with Crippen molar-refractivity contribution in [2.75, 3.05) is 13.2 Å². The Bertz CT molecular complexity index is 139. The highest BCUT2D eigenvalue weighted by molar-refractivity contribution is 5.79. The highest BCUT2D eigenvalue weighted by Crippen LogP contribution is 2.11. The van der Waals surface area contributed by atoms with Crippen LogP contribution in [0.15, 0.2) is 0 Å². The lowest BCUT2D eigenvalue weighted by Crippen LogP contribution is -2.35. The molecule has 3 heteroatoms. The van der Waals surface area contributed by atoms with Gasteiger partial charge in [-0.1, -0.05) is 0 Å². The van der Waals surface area contributed by atoms with Crippen molar-refractivity contribution in [3.63, 3.8) is 0 Å². The first kappa shape index (κ1) is 8.53. The van der Waals surface area contributed by atoms with Crippen molar-refractivity contribution in [3.05, 3.63) is 0 Å². The molecular formula is C8H15NO2. The van der Waals surface area contributed by atoms with E-state index in [-0.39, 0.29) is 17.9 Å². The van der Waals surface area contributed by atoms with Crippen molar-refractivity contribution in [3.8, 4) is 0 Å². The third-order valence-electron chi connectivity index (χ3n) is 1.73. The third-order valence-corrected chi connectivity index (χ3v) is 1.73. The molecule has 1 unspecified atom stereocenters. The van der Waals surface area contributed by atoms with Gasteiger partial charge in [-0.05, 0) is 20.3 Å².